The minimum Gasteiger partial charge on any atom is -0.382 e. The van der Waals surface area contributed by atoms with Crippen LogP contribution >= 0.6 is 0 Å². The third-order valence-corrected chi connectivity index (χ3v) is 8.53. The number of carbonyl (C=O) groups is 1. The minimum atomic E-state index is -1.64. The number of aromatic nitrogens is 6. The number of aryl methyl sites for hydroxylation is 1. The molecule has 3 N–H and O–H groups in total. The average molecular weight is 654 g/mol. The molecule has 1 saturated heterocycles. The van der Waals surface area contributed by atoms with Gasteiger partial charge < -0.3 is 5.11 Å². The molecule has 0 radical (unpaired) electrons. The fraction of sp³-hybridized carbons (Fsp3) is 0.469. The molecule has 0 spiro atoms. The molecule has 0 bridgehead atoms. The molecule has 1 unspecified atom stereocenters. The number of amides is 1. The van der Waals surface area contributed by atoms with Gasteiger partial charge in [-0.3, -0.25) is 19.8 Å². The summed E-state index contributed by atoms with van der Waals surface area (Å²) in [7, 11) is 0. The van der Waals surface area contributed by atoms with Gasteiger partial charge in [0.25, 0.3) is 0 Å². The maximum atomic E-state index is 14.8. The van der Waals surface area contributed by atoms with E-state index in [1.165, 1.54) is 39.0 Å². The van der Waals surface area contributed by atoms with Crippen molar-refractivity contribution in [3.05, 3.63) is 94.7 Å². The Kier molecular flexibility index (Phi) is 11.6. The summed E-state index contributed by atoms with van der Waals surface area (Å²) in [6.45, 7) is 4.11. The second kappa shape index (κ2) is 16.0. The van der Waals surface area contributed by atoms with Crippen LogP contribution in [-0.4, -0.2) is 87.9 Å². The zero-order chi connectivity index (χ0) is 33.2. The first-order valence-electron chi connectivity index (χ1n) is 15.9. The molecule has 0 saturated carbocycles. The molecule has 4 aromatic rings. The van der Waals surface area contributed by atoms with E-state index in [0.717, 1.165) is 62.2 Å². The number of benzene rings is 2. The molecule has 1 fully saturated rings. The molecule has 1 atom stereocenters. The number of hydroxylamine groups is 1. The topological polar surface area (TPSA) is 147 Å². The van der Waals surface area contributed by atoms with Crippen LogP contribution < -0.4 is 11.2 Å². The molecule has 1 amide bonds. The van der Waals surface area contributed by atoms with E-state index in [2.05, 4.69) is 25.0 Å². The number of nitrogens with zero attached hydrogens (tertiary/aromatic N) is 8. The number of aliphatic hydroxyl groups is 1. The summed E-state index contributed by atoms with van der Waals surface area (Å²) < 4.78 is 32.9. The molecule has 252 valence electrons. The van der Waals surface area contributed by atoms with Crippen LogP contribution in [0.2, 0.25) is 0 Å². The van der Waals surface area contributed by atoms with Gasteiger partial charge in [-0.25, -0.2) is 38.0 Å². The Bertz CT molecular complexity index is 1640. The van der Waals surface area contributed by atoms with E-state index in [0.29, 0.717) is 39.0 Å². The van der Waals surface area contributed by atoms with E-state index in [1.54, 1.807) is 5.48 Å². The van der Waals surface area contributed by atoms with Crippen molar-refractivity contribution < 1.29 is 23.9 Å². The van der Waals surface area contributed by atoms with Crippen LogP contribution in [0.15, 0.2) is 66.2 Å². The highest BCUT2D eigenvalue weighted by atomic mass is 19.1. The van der Waals surface area contributed by atoms with E-state index in [9.17, 15) is 23.5 Å². The standard InChI is InChI=1S/C32H41F2N9O4/c33-26-9-12-28(29(34)18-26)32(46,21-41-23-35-22-36-41)20-40-16-14-39(15-17-40)19-25-7-10-27(11-8-25)42-24-37-43(31(42)45)13-5-3-1-2-4-6-30(44)38-47/h7-12,18,22-24,46-47H,1-6,13-17,19-21H2,(H,38,44). The number of nitrogens with one attached hydrogen (secondary N) is 1. The Morgan fingerprint density at radius 3 is 2.32 bits per heavy atom. The molecule has 15 heteroatoms. The van der Waals surface area contributed by atoms with Crippen molar-refractivity contribution in [1.29, 1.82) is 0 Å². The van der Waals surface area contributed by atoms with Gasteiger partial charge in [-0.05, 0) is 36.6 Å². The van der Waals surface area contributed by atoms with Crippen molar-refractivity contribution in [3.63, 3.8) is 0 Å². The molecule has 47 heavy (non-hydrogen) atoms. The van der Waals surface area contributed by atoms with Gasteiger partial charge in [0.05, 0.1) is 12.2 Å². The SMILES string of the molecule is O=C(CCCCCCCn1ncn(-c2ccc(CN3CCN(CC(O)(Cn4cncn4)c4ccc(F)cc4F)CC3)cc2)c1=O)NO. The summed E-state index contributed by atoms with van der Waals surface area (Å²) in [5, 5.41) is 28.5. The zero-order valence-electron chi connectivity index (χ0n) is 26.2. The van der Waals surface area contributed by atoms with Gasteiger partial charge in [-0.15, -0.1) is 0 Å². The molecular formula is C32H41F2N9O4. The highest BCUT2D eigenvalue weighted by Crippen LogP contribution is 2.28. The maximum Gasteiger partial charge on any atom is 0.350 e. The number of carbonyl (C=O) groups excluding carboxylic acids is 1. The predicted molar refractivity (Wildman–Crippen MR) is 167 cm³/mol. The summed E-state index contributed by atoms with van der Waals surface area (Å²) in [5.41, 5.74) is 1.63. The Hall–Kier alpha value is -4.31. The van der Waals surface area contributed by atoms with Crippen molar-refractivity contribution >= 4 is 5.91 Å². The first-order chi connectivity index (χ1) is 22.7. The van der Waals surface area contributed by atoms with Crippen molar-refractivity contribution in [1.82, 2.24) is 44.4 Å². The lowest BCUT2D eigenvalue weighted by Gasteiger charge is -2.39. The molecule has 13 nitrogen and oxygen atoms in total. The maximum absolute atomic E-state index is 14.8. The number of halogens is 2. The minimum absolute atomic E-state index is 0.0145. The van der Waals surface area contributed by atoms with Gasteiger partial charge in [-0.1, -0.05) is 37.5 Å². The van der Waals surface area contributed by atoms with Crippen molar-refractivity contribution in [2.24, 2.45) is 0 Å². The third-order valence-electron chi connectivity index (χ3n) is 8.53. The number of piperazine rings is 1. The lowest BCUT2D eigenvalue weighted by molar-refractivity contribution is -0.129. The van der Waals surface area contributed by atoms with Crippen LogP contribution in [0.25, 0.3) is 5.69 Å². The second-order valence-electron chi connectivity index (χ2n) is 12.0. The van der Waals surface area contributed by atoms with Crippen molar-refractivity contribution in [2.75, 3.05) is 32.7 Å². The van der Waals surface area contributed by atoms with E-state index in [1.807, 2.05) is 24.3 Å². The molecule has 2 aromatic carbocycles. The van der Waals surface area contributed by atoms with Gasteiger partial charge in [0.15, 0.2) is 0 Å². The predicted octanol–water partition coefficient (Wildman–Crippen LogP) is 2.46. The van der Waals surface area contributed by atoms with Gasteiger partial charge in [0.2, 0.25) is 5.91 Å². The van der Waals surface area contributed by atoms with Gasteiger partial charge >= 0.3 is 5.69 Å². The summed E-state index contributed by atoms with van der Waals surface area (Å²) in [6, 6.07) is 11.0. The Morgan fingerprint density at radius 1 is 0.894 bits per heavy atom. The summed E-state index contributed by atoms with van der Waals surface area (Å²) >= 11 is 0. The number of hydrogen-bond acceptors (Lipinski definition) is 9. The molecule has 3 heterocycles. The molecule has 5 rings (SSSR count). The van der Waals surface area contributed by atoms with Gasteiger partial charge in [0.1, 0.15) is 36.2 Å². The first kappa shape index (κ1) is 34.0. The molecule has 0 aliphatic carbocycles. The summed E-state index contributed by atoms with van der Waals surface area (Å²) in [5.74, 6) is -1.89. The van der Waals surface area contributed by atoms with Crippen LogP contribution in [0.4, 0.5) is 8.78 Å². The normalized spacial score (nSPS) is 15.5. The summed E-state index contributed by atoms with van der Waals surface area (Å²) in [4.78, 5) is 32.2. The number of rotatable bonds is 16. The monoisotopic (exact) mass is 653 g/mol. The second-order valence-corrected chi connectivity index (χ2v) is 12.0. The smallest absolute Gasteiger partial charge is 0.350 e. The number of unbranched alkanes of at least 4 members (excludes halogenated alkanes) is 4. The van der Waals surface area contributed by atoms with E-state index in [-0.39, 0.29) is 30.2 Å². The van der Waals surface area contributed by atoms with Crippen LogP contribution in [0.3, 0.4) is 0 Å². The first-order valence-corrected chi connectivity index (χ1v) is 15.9. The number of β-amino-alcohol motifs (C(OH)–C–C–N with tert-alkyl or cyclic N) is 1. The Balaban J connectivity index is 1.10. The van der Waals surface area contributed by atoms with E-state index < -0.39 is 17.2 Å². The molecule has 2 aromatic heterocycles. The average Bonchev–Trinajstić information content (AvgIpc) is 3.70. The van der Waals surface area contributed by atoms with Gasteiger partial charge in [-0.2, -0.15) is 10.2 Å². The fourth-order valence-corrected chi connectivity index (χ4v) is 5.97. The third kappa shape index (κ3) is 9.16. The Morgan fingerprint density at radius 2 is 1.62 bits per heavy atom. The lowest BCUT2D eigenvalue weighted by atomic mass is 9.92. The van der Waals surface area contributed by atoms with Crippen molar-refractivity contribution in [3.8, 4) is 5.69 Å². The highest BCUT2D eigenvalue weighted by Gasteiger charge is 2.36. The van der Waals surface area contributed by atoms with Crippen LogP contribution in [0, 0.1) is 11.6 Å². The molecule has 1 aliphatic rings. The summed E-state index contributed by atoms with van der Waals surface area (Å²) in [6.07, 6.45) is 8.89. The van der Waals surface area contributed by atoms with Crippen LogP contribution in [0.5, 0.6) is 0 Å². The fourth-order valence-electron chi connectivity index (χ4n) is 5.97. The van der Waals surface area contributed by atoms with Crippen LogP contribution in [0.1, 0.15) is 49.7 Å². The molecule has 1 aliphatic heterocycles. The van der Waals surface area contributed by atoms with Crippen LogP contribution in [-0.2, 0) is 30.0 Å². The van der Waals surface area contributed by atoms with E-state index in [4.69, 9.17) is 5.21 Å². The quantitative estimate of drug-likeness (QED) is 0.0943. The lowest BCUT2D eigenvalue weighted by Crippen LogP contribution is -2.52. The largest absolute Gasteiger partial charge is 0.382 e. The molecular weight excluding hydrogens is 612 g/mol. The van der Waals surface area contributed by atoms with Gasteiger partial charge in [0, 0.05) is 63.9 Å². The van der Waals surface area contributed by atoms with E-state index >= 15 is 0 Å². The number of hydrogen-bond donors (Lipinski definition) is 3. The Labute approximate surface area is 271 Å². The zero-order valence-corrected chi connectivity index (χ0v) is 26.2. The van der Waals surface area contributed by atoms with Crippen molar-refractivity contribution in [2.45, 2.75) is 63.8 Å². The highest BCUT2D eigenvalue weighted by molar-refractivity contribution is 5.74.